The van der Waals surface area contributed by atoms with E-state index in [1.807, 2.05) is 20.8 Å². The first-order valence-corrected chi connectivity index (χ1v) is 10.6. The van der Waals surface area contributed by atoms with Gasteiger partial charge in [0.25, 0.3) is 5.91 Å². The van der Waals surface area contributed by atoms with Crippen LogP contribution in [-0.4, -0.2) is 30.5 Å². The van der Waals surface area contributed by atoms with Crippen molar-refractivity contribution in [1.82, 2.24) is 24.5 Å². The number of hydrogen-bond acceptors (Lipinski definition) is 4. The summed E-state index contributed by atoms with van der Waals surface area (Å²) in [5.41, 5.74) is 0.652. The third-order valence-electron chi connectivity index (χ3n) is 5.34. The minimum Gasteiger partial charge on any atom is -0.306 e. The molecule has 0 spiro atoms. The molecule has 0 aliphatic carbocycles. The third kappa shape index (κ3) is 4.93. The molecule has 35 heavy (non-hydrogen) atoms. The maximum absolute atomic E-state index is 13.4. The molecule has 0 unspecified atom stereocenters. The largest absolute Gasteiger partial charge is 0.417 e. The van der Waals surface area contributed by atoms with Gasteiger partial charge in [0.15, 0.2) is 5.82 Å². The second kappa shape index (κ2) is 8.64. The molecular weight excluding hydrogens is 464 g/mol. The maximum Gasteiger partial charge on any atom is 0.417 e. The summed E-state index contributed by atoms with van der Waals surface area (Å²) in [6.45, 7) is 7.53. The molecule has 1 aromatic carbocycles. The van der Waals surface area contributed by atoms with Gasteiger partial charge in [0.05, 0.1) is 34.4 Å². The van der Waals surface area contributed by atoms with Gasteiger partial charge in [-0.15, -0.1) is 0 Å². The lowest BCUT2D eigenvalue weighted by atomic mass is 9.92. The van der Waals surface area contributed by atoms with Crippen molar-refractivity contribution in [3.8, 4) is 11.5 Å². The summed E-state index contributed by atoms with van der Waals surface area (Å²) in [7, 11) is 0. The molecular formula is C24H22F4N6O. The monoisotopic (exact) mass is 486 g/mol. The lowest BCUT2D eigenvalue weighted by molar-refractivity contribution is -0.137. The molecule has 1 amide bonds. The predicted molar refractivity (Wildman–Crippen MR) is 121 cm³/mol. The number of nitrogens with one attached hydrogen (secondary N) is 1. The lowest BCUT2D eigenvalue weighted by Crippen LogP contribution is -2.16. The molecule has 0 aliphatic heterocycles. The van der Waals surface area contributed by atoms with E-state index in [2.05, 4.69) is 20.5 Å². The SMILES string of the molecule is Cc1c(C(=O)Nc2cc(C(C)(C)C)nn2-c2ccc(F)cc2)cnn1-c1ccc(C(F)(F)F)cn1. The van der Waals surface area contributed by atoms with E-state index in [1.54, 1.807) is 25.1 Å². The van der Waals surface area contributed by atoms with Crippen LogP contribution in [0.5, 0.6) is 0 Å². The second-order valence-electron chi connectivity index (χ2n) is 8.97. The fourth-order valence-electron chi connectivity index (χ4n) is 3.34. The summed E-state index contributed by atoms with van der Waals surface area (Å²) in [5, 5.41) is 11.5. The molecule has 1 N–H and O–H groups in total. The first-order valence-electron chi connectivity index (χ1n) is 10.6. The van der Waals surface area contributed by atoms with Crippen molar-refractivity contribution in [2.75, 3.05) is 5.32 Å². The third-order valence-corrected chi connectivity index (χ3v) is 5.34. The van der Waals surface area contributed by atoms with E-state index < -0.39 is 23.5 Å². The highest BCUT2D eigenvalue weighted by Gasteiger charge is 2.31. The normalized spacial score (nSPS) is 12.1. The molecule has 4 rings (SSSR count). The van der Waals surface area contributed by atoms with Crippen molar-refractivity contribution in [1.29, 1.82) is 0 Å². The van der Waals surface area contributed by atoms with Crippen molar-refractivity contribution in [3.63, 3.8) is 0 Å². The Hall–Kier alpha value is -4.02. The molecule has 182 valence electrons. The van der Waals surface area contributed by atoms with Crippen molar-refractivity contribution in [2.45, 2.75) is 39.3 Å². The van der Waals surface area contributed by atoms with Gasteiger partial charge in [-0.25, -0.2) is 18.7 Å². The summed E-state index contributed by atoms with van der Waals surface area (Å²) < 4.78 is 54.7. The minimum atomic E-state index is -4.50. The quantitative estimate of drug-likeness (QED) is 0.388. The average Bonchev–Trinajstić information content (AvgIpc) is 3.37. The number of anilines is 1. The van der Waals surface area contributed by atoms with Gasteiger partial charge in [0.2, 0.25) is 0 Å². The Balaban J connectivity index is 1.65. The molecule has 0 saturated carbocycles. The highest BCUT2D eigenvalue weighted by molar-refractivity contribution is 6.04. The molecule has 7 nitrogen and oxygen atoms in total. The number of benzene rings is 1. The number of nitrogens with zero attached hydrogens (tertiary/aromatic N) is 5. The predicted octanol–water partition coefficient (Wildman–Crippen LogP) is 5.47. The molecule has 11 heteroatoms. The number of pyridine rings is 1. The molecule has 0 radical (unpaired) electrons. The molecule has 3 aromatic heterocycles. The van der Waals surface area contributed by atoms with Crippen molar-refractivity contribution >= 4 is 11.7 Å². The zero-order chi connectivity index (χ0) is 25.5. The van der Waals surface area contributed by atoms with Gasteiger partial charge >= 0.3 is 6.18 Å². The van der Waals surface area contributed by atoms with Gasteiger partial charge in [-0.3, -0.25) is 4.79 Å². The number of carbonyl (C=O) groups is 1. The Kier molecular flexibility index (Phi) is 5.95. The van der Waals surface area contributed by atoms with E-state index in [4.69, 9.17) is 0 Å². The van der Waals surface area contributed by atoms with E-state index in [1.165, 1.54) is 33.8 Å². The molecule has 3 heterocycles. The van der Waals surface area contributed by atoms with E-state index >= 15 is 0 Å². The van der Waals surface area contributed by atoms with Crippen LogP contribution >= 0.6 is 0 Å². The van der Waals surface area contributed by atoms with Gasteiger partial charge < -0.3 is 5.32 Å². The number of halogens is 4. The zero-order valence-electron chi connectivity index (χ0n) is 19.4. The summed E-state index contributed by atoms with van der Waals surface area (Å²) in [5.74, 6) is -0.390. The number of aromatic nitrogens is 5. The van der Waals surface area contributed by atoms with Gasteiger partial charge in [0, 0.05) is 17.7 Å². The Bertz CT molecular complexity index is 1360. The van der Waals surface area contributed by atoms with Crippen LogP contribution in [0.25, 0.3) is 11.5 Å². The molecule has 0 fully saturated rings. The van der Waals surface area contributed by atoms with Gasteiger partial charge in [-0.2, -0.15) is 23.4 Å². The molecule has 4 aromatic rings. The lowest BCUT2D eigenvalue weighted by Gasteiger charge is -2.14. The standard InChI is InChI=1S/C24H22F4N6O/c1-14-18(13-30-33(14)20-10-5-15(12-29-20)24(26,27)28)22(35)31-21-11-19(23(2,3)4)32-34(21)17-8-6-16(25)7-9-17/h5-13H,1-4H3,(H,31,35). The zero-order valence-corrected chi connectivity index (χ0v) is 19.4. The number of amides is 1. The van der Waals surface area contributed by atoms with E-state index in [-0.39, 0.29) is 16.8 Å². The summed E-state index contributed by atoms with van der Waals surface area (Å²) >= 11 is 0. The van der Waals surface area contributed by atoms with Gasteiger partial charge in [-0.05, 0) is 43.3 Å². The highest BCUT2D eigenvalue weighted by atomic mass is 19.4. The first-order chi connectivity index (χ1) is 16.3. The summed E-state index contributed by atoms with van der Waals surface area (Å²) in [6, 6.07) is 9.50. The summed E-state index contributed by atoms with van der Waals surface area (Å²) in [6.07, 6.45) is -2.48. The van der Waals surface area contributed by atoms with Crippen LogP contribution in [-0.2, 0) is 11.6 Å². The fraction of sp³-hybridized carbons (Fsp3) is 0.250. The number of hydrogen-bond donors (Lipinski definition) is 1. The fourth-order valence-corrected chi connectivity index (χ4v) is 3.34. The molecule has 0 aliphatic rings. The number of alkyl halides is 3. The van der Waals surface area contributed by atoms with Gasteiger partial charge in [0.1, 0.15) is 11.6 Å². The Morgan fingerprint density at radius 1 is 0.971 bits per heavy atom. The van der Waals surface area contributed by atoms with Crippen LogP contribution in [0, 0.1) is 12.7 Å². The molecule has 0 bridgehead atoms. The number of rotatable bonds is 4. The maximum atomic E-state index is 13.4. The van der Waals surface area contributed by atoms with Crippen LogP contribution in [0.3, 0.4) is 0 Å². The van der Waals surface area contributed by atoms with Crippen molar-refractivity contribution in [3.05, 3.63) is 83.2 Å². The Morgan fingerprint density at radius 2 is 1.66 bits per heavy atom. The summed E-state index contributed by atoms with van der Waals surface area (Å²) in [4.78, 5) is 17.0. The van der Waals surface area contributed by atoms with E-state index in [0.29, 0.717) is 29.1 Å². The van der Waals surface area contributed by atoms with Crippen LogP contribution in [0.15, 0.2) is 54.9 Å². The Labute approximate surface area is 198 Å². The number of carbonyl (C=O) groups excluding carboxylic acids is 1. The van der Waals surface area contributed by atoms with Crippen LogP contribution in [0.2, 0.25) is 0 Å². The second-order valence-corrected chi connectivity index (χ2v) is 8.97. The van der Waals surface area contributed by atoms with Gasteiger partial charge in [-0.1, -0.05) is 20.8 Å². The Morgan fingerprint density at radius 3 is 2.23 bits per heavy atom. The highest BCUT2D eigenvalue weighted by Crippen LogP contribution is 2.29. The average molecular weight is 486 g/mol. The van der Waals surface area contributed by atoms with Crippen molar-refractivity contribution in [2.24, 2.45) is 0 Å². The van der Waals surface area contributed by atoms with E-state index in [0.717, 1.165) is 6.07 Å². The molecule has 0 saturated heterocycles. The van der Waals surface area contributed by atoms with Crippen molar-refractivity contribution < 1.29 is 22.4 Å². The van der Waals surface area contributed by atoms with Crippen LogP contribution in [0.4, 0.5) is 23.4 Å². The molecule has 0 atom stereocenters. The topological polar surface area (TPSA) is 77.6 Å². The smallest absolute Gasteiger partial charge is 0.306 e. The van der Waals surface area contributed by atoms with Crippen LogP contribution < -0.4 is 5.32 Å². The van der Waals surface area contributed by atoms with E-state index in [9.17, 15) is 22.4 Å². The first kappa shape index (κ1) is 24.1. The van der Waals surface area contributed by atoms with Crippen LogP contribution in [0.1, 0.15) is 48.1 Å². The minimum absolute atomic E-state index is 0.140.